The number of hydrogen-bond acceptors (Lipinski definition) is 4. The molecule has 1 amide bonds. The predicted molar refractivity (Wildman–Crippen MR) is 135 cm³/mol. The highest BCUT2D eigenvalue weighted by atomic mass is 19.4. The highest BCUT2D eigenvalue weighted by molar-refractivity contribution is 5.97. The highest BCUT2D eigenvalue weighted by Gasteiger charge is 2.33. The Bertz CT molecular complexity index is 1230. The van der Waals surface area contributed by atoms with E-state index in [-0.39, 0.29) is 24.2 Å². The zero-order valence-corrected chi connectivity index (χ0v) is 21.2. The van der Waals surface area contributed by atoms with Crippen molar-refractivity contribution in [3.8, 4) is 16.9 Å². The van der Waals surface area contributed by atoms with Crippen LogP contribution in [0.5, 0.6) is 5.75 Å². The number of rotatable bonds is 8. The maximum atomic E-state index is 13.3. The number of hydrogen-bond donors (Lipinski definition) is 1. The number of ketones is 1. The van der Waals surface area contributed by atoms with E-state index < -0.39 is 29.8 Å². The molecule has 196 valence electrons. The minimum atomic E-state index is -4.92. The average Bonchev–Trinajstić information content (AvgIpc) is 2.80. The predicted octanol–water partition coefficient (Wildman–Crippen LogP) is 7.79. The average molecular weight is 514 g/mol. The van der Waals surface area contributed by atoms with Crippen LogP contribution in [0.15, 0.2) is 72.8 Å². The van der Waals surface area contributed by atoms with E-state index in [0.29, 0.717) is 16.7 Å². The molecule has 0 bridgehead atoms. The Morgan fingerprint density at radius 3 is 2.19 bits per heavy atom. The Balaban J connectivity index is 1.95. The van der Waals surface area contributed by atoms with Gasteiger partial charge in [0, 0.05) is 17.5 Å². The lowest BCUT2D eigenvalue weighted by atomic mass is 9.94. The summed E-state index contributed by atoms with van der Waals surface area (Å²) in [6.45, 7) is 6.93. The van der Waals surface area contributed by atoms with Crippen LogP contribution in [0.25, 0.3) is 11.1 Å². The van der Waals surface area contributed by atoms with Gasteiger partial charge in [-0.3, -0.25) is 4.79 Å². The summed E-state index contributed by atoms with van der Waals surface area (Å²) in [6, 6.07) is 19.2. The van der Waals surface area contributed by atoms with E-state index in [0.717, 1.165) is 5.56 Å². The Morgan fingerprint density at radius 2 is 1.57 bits per heavy atom. The zero-order chi connectivity index (χ0) is 27.2. The third kappa shape index (κ3) is 8.37. The van der Waals surface area contributed by atoms with Gasteiger partial charge in [0.1, 0.15) is 11.4 Å². The molecule has 0 aliphatic carbocycles. The van der Waals surface area contributed by atoms with E-state index in [2.05, 4.69) is 10.1 Å². The number of carbonyl (C=O) groups is 2. The minimum Gasteiger partial charge on any atom is -0.444 e. The summed E-state index contributed by atoms with van der Waals surface area (Å²) in [5.74, 6) is -0.542. The van der Waals surface area contributed by atoms with Crippen LogP contribution in [0.1, 0.15) is 61.1 Å². The molecule has 0 heterocycles. The number of alkyl carbamates (subject to hydrolysis) is 1. The number of alkyl halides is 3. The number of halogens is 3. The van der Waals surface area contributed by atoms with Crippen molar-refractivity contribution in [2.24, 2.45) is 0 Å². The van der Waals surface area contributed by atoms with Gasteiger partial charge < -0.3 is 14.8 Å². The lowest BCUT2D eigenvalue weighted by Gasteiger charge is -2.25. The fraction of sp³-hybridized carbons (Fsp3) is 0.310. The number of nitrogens with one attached hydrogen (secondary N) is 1. The van der Waals surface area contributed by atoms with Crippen molar-refractivity contribution in [1.82, 2.24) is 5.32 Å². The first-order valence-electron chi connectivity index (χ1n) is 11.9. The Morgan fingerprint density at radius 1 is 0.919 bits per heavy atom. The van der Waals surface area contributed by atoms with Gasteiger partial charge in [-0.25, -0.2) is 4.79 Å². The summed E-state index contributed by atoms with van der Waals surface area (Å²) in [4.78, 5) is 25.5. The van der Waals surface area contributed by atoms with Gasteiger partial charge in [0.15, 0.2) is 5.78 Å². The lowest BCUT2D eigenvalue weighted by Crippen LogP contribution is -2.35. The molecular formula is C29H30F3NO4. The first-order valence-corrected chi connectivity index (χ1v) is 11.9. The molecule has 5 nitrogen and oxygen atoms in total. The van der Waals surface area contributed by atoms with Gasteiger partial charge in [-0.2, -0.15) is 0 Å². The molecule has 1 atom stereocenters. The van der Waals surface area contributed by atoms with Gasteiger partial charge in [-0.05, 0) is 56.9 Å². The van der Waals surface area contributed by atoms with Crippen LogP contribution in [-0.2, 0) is 4.74 Å². The number of benzene rings is 3. The van der Waals surface area contributed by atoms with E-state index in [1.54, 1.807) is 69.3 Å². The van der Waals surface area contributed by atoms with Crippen LogP contribution in [-0.4, -0.2) is 23.8 Å². The maximum absolute atomic E-state index is 13.3. The standard InChI is InChI=1S/C29H30F3NO4/c1-19-10-8-9-13-22(19)25(34)17-16-24(33-27(35)37-28(2,3)4)21-14-15-23(20-11-6-5-7-12-20)26(18-21)36-29(30,31)32/h5-15,18,24H,16-17H2,1-4H3,(H,33,35). The zero-order valence-electron chi connectivity index (χ0n) is 21.2. The second-order valence-corrected chi connectivity index (χ2v) is 9.65. The van der Waals surface area contributed by atoms with E-state index >= 15 is 0 Å². The summed E-state index contributed by atoms with van der Waals surface area (Å²) in [5.41, 5.74) is 1.72. The summed E-state index contributed by atoms with van der Waals surface area (Å²) < 4.78 is 49.6. The molecule has 8 heteroatoms. The third-order valence-electron chi connectivity index (χ3n) is 5.52. The number of Topliss-reactive ketones (excluding diaryl/α,β-unsaturated/α-hetero) is 1. The van der Waals surface area contributed by atoms with Crippen molar-refractivity contribution < 1.29 is 32.2 Å². The van der Waals surface area contributed by atoms with Crippen LogP contribution >= 0.6 is 0 Å². The van der Waals surface area contributed by atoms with Gasteiger partial charge >= 0.3 is 12.5 Å². The Hall–Kier alpha value is -3.81. The van der Waals surface area contributed by atoms with Crippen LogP contribution in [0.2, 0.25) is 0 Å². The molecule has 0 aliphatic rings. The van der Waals surface area contributed by atoms with Crippen LogP contribution in [0.4, 0.5) is 18.0 Å². The fourth-order valence-corrected chi connectivity index (χ4v) is 3.89. The second kappa shape index (κ2) is 11.5. The van der Waals surface area contributed by atoms with Crippen LogP contribution in [0.3, 0.4) is 0 Å². The van der Waals surface area contributed by atoms with Crippen molar-refractivity contribution in [1.29, 1.82) is 0 Å². The molecule has 0 spiro atoms. The van der Waals surface area contributed by atoms with Gasteiger partial charge in [0.05, 0.1) is 6.04 Å². The number of amides is 1. The van der Waals surface area contributed by atoms with E-state index in [1.165, 1.54) is 12.1 Å². The van der Waals surface area contributed by atoms with E-state index in [4.69, 9.17) is 4.74 Å². The monoisotopic (exact) mass is 513 g/mol. The Labute approximate surface area is 214 Å². The second-order valence-electron chi connectivity index (χ2n) is 9.65. The molecule has 3 aromatic carbocycles. The smallest absolute Gasteiger partial charge is 0.444 e. The molecule has 37 heavy (non-hydrogen) atoms. The first kappa shape index (κ1) is 27.8. The highest BCUT2D eigenvalue weighted by Crippen LogP contribution is 2.37. The number of carbonyl (C=O) groups excluding carboxylic acids is 2. The van der Waals surface area contributed by atoms with Gasteiger partial charge in [-0.15, -0.1) is 13.2 Å². The first-order chi connectivity index (χ1) is 17.3. The van der Waals surface area contributed by atoms with Gasteiger partial charge in [0.2, 0.25) is 0 Å². The largest absolute Gasteiger partial charge is 0.573 e. The number of aryl methyl sites for hydroxylation is 1. The third-order valence-corrected chi connectivity index (χ3v) is 5.52. The molecule has 0 aromatic heterocycles. The lowest BCUT2D eigenvalue weighted by molar-refractivity contribution is -0.274. The van der Waals surface area contributed by atoms with Crippen molar-refractivity contribution in [2.45, 2.75) is 58.5 Å². The van der Waals surface area contributed by atoms with Crippen molar-refractivity contribution in [3.63, 3.8) is 0 Å². The number of ether oxygens (including phenoxy) is 2. The molecule has 3 aromatic rings. The summed E-state index contributed by atoms with van der Waals surface area (Å²) in [7, 11) is 0. The molecule has 1 unspecified atom stereocenters. The summed E-state index contributed by atoms with van der Waals surface area (Å²) in [6.07, 6.45) is -5.47. The maximum Gasteiger partial charge on any atom is 0.573 e. The normalized spacial score (nSPS) is 12.5. The summed E-state index contributed by atoms with van der Waals surface area (Å²) in [5, 5.41) is 2.71. The topological polar surface area (TPSA) is 64.6 Å². The molecule has 0 radical (unpaired) electrons. The van der Waals surface area contributed by atoms with Gasteiger partial charge in [-0.1, -0.05) is 66.7 Å². The molecule has 3 rings (SSSR count). The van der Waals surface area contributed by atoms with E-state index in [9.17, 15) is 22.8 Å². The molecule has 0 aliphatic heterocycles. The van der Waals surface area contributed by atoms with Crippen LogP contribution < -0.4 is 10.1 Å². The quantitative estimate of drug-likeness (QED) is 0.312. The van der Waals surface area contributed by atoms with Crippen molar-refractivity contribution in [2.75, 3.05) is 0 Å². The van der Waals surface area contributed by atoms with Crippen LogP contribution in [0, 0.1) is 6.92 Å². The molecular weight excluding hydrogens is 483 g/mol. The minimum absolute atomic E-state index is 0.0568. The van der Waals surface area contributed by atoms with Gasteiger partial charge in [0.25, 0.3) is 0 Å². The van der Waals surface area contributed by atoms with E-state index in [1.807, 2.05) is 19.1 Å². The molecule has 1 N–H and O–H groups in total. The SMILES string of the molecule is Cc1ccccc1C(=O)CCC(NC(=O)OC(C)(C)C)c1ccc(-c2ccccc2)c(OC(F)(F)F)c1. The fourth-order valence-electron chi connectivity index (χ4n) is 3.89. The van der Waals surface area contributed by atoms with Crippen molar-refractivity contribution in [3.05, 3.63) is 89.5 Å². The molecule has 0 fully saturated rings. The molecule has 0 saturated carbocycles. The summed E-state index contributed by atoms with van der Waals surface area (Å²) >= 11 is 0. The Kier molecular flexibility index (Phi) is 8.63. The van der Waals surface area contributed by atoms with Crippen molar-refractivity contribution >= 4 is 11.9 Å². The molecule has 0 saturated heterocycles.